The lowest BCUT2D eigenvalue weighted by Gasteiger charge is -2.13. The van der Waals surface area contributed by atoms with Crippen LogP contribution in [0.15, 0.2) is 41.6 Å². The summed E-state index contributed by atoms with van der Waals surface area (Å²) in [7, 11) is -3.74. The van der Waals surface area contributed by atoms with Gasteiger partial charge in [-0.1, -0.05) is 17.7 Å². The monoisotopic (exact) mass is 347 g/mol. The number of aromatic nitrogens is 1. The molecule has 0 bridgehead atoms. The lowest BCUT2D eigenvalue weighted by Crippen LogP contribution is -2.37. The molecule has 0 saturated carbocycles. The highest BCUT2D eigenvalue weighted by molar-refractivity contribution is 7.89. The fraction of sp³-hybridized carbons (Fsp3) is 0.294. The van der Waals surface area contributed by atoms with E-state index < -0.39 is 15.9 Å². The van der Waals surface area contributed by atoms with Crippen LogP contribution in [-0.4, -0.2) is 25.9 Å². The summed E-state index contributed by atoms with van der Waals surface area (Å²) in [5.74, 6) is -0.391. The Bertz CT molecular complexity index is 810. The zero-order chi connectivity index (χ0) is 17.7. The van der Waals surface area contributed by atoms with Crippen LogP contribution in [0.1, 0.15) is 22.3 Å². The molecule has 0 radical (unpaired) electrons. The molecule has 0 aliphatic heterocycles. The van der Waals surface area contributed by atoms with Crippen molar-refractivity contribution in [3.05, 3.63) is 58.9 Å². The molecule has 24 heavy (non-hydrogen) atoms. The van der Waals surface area contributed by atoms with Gasteiger partial charge in [-0.3, -0.25) is 9.78 Å². The van der Waals surface area contributed by atoms with Gasteiger partial charge in [0.2, 0.25) is 15.9 Å². The average Bonchev–Trinajstić information content (AvgIpc) is 2.50. The second-order valence-electron chi connectivity index (χ2n) is 5.68. The van der Waals surface area contributed by atoms with Gasteiger partial charge in [-0.15, -0.1) is 0 Å². The summed E-state index contributed by atoms with van der Waals surface area (Å²) < 4.78 is 27.3. The molecule has 2 aromatic rings. The molecule has 0 aliphatic carbocycles. The minimum atomic E-state index is -3.74. The van der Waals surface area contributed by atoms with Gasteiger partial charge in [0.15, 0.2) is 0 Å². The molecular weight excluding hydrogens is 326 g/mol. The summed E-state index contributed by atoms with van der Waals surface area (Å²) in [4.78, 5) is 16.0. The highest BCUT2D eigenvalue weighted by atomic mass is 32.2. The lowest BCUT2D eigenvalue weighted by molar-refractivity contribution is -0.120. The molecule has 0 saturated heterocycles. The first kappa shape index (κ1) is 18.1. The number of hydrogen-bond acceptors (Lipinski definition) is 4. The molecule has 6 nitrogen and oxygen atoms in total. The fourth-order valence-electron chi connectivity index (χ4n) is 2.59. The van der Waals surface area contributed by atoms with E-state index in [0.717, 1.165) is 11.1 Å². The summed E-state index contributed by atoms with van der Waals surface area (Å²) in [5, 5.41) is 2.67. The van der Waals surface area contributed by atoms with Gasteiger partial charge in [0.1, 0.15) is 0 Å². The maximum atomic E-state index is 12.5. The van der Waals surface area contributed by atoms with Crippen molar-refractivity contribution in [1.29, 1.82) is 0 Å². The molecular formula is C17H21N3O3S. The van der Waals surface area contributed by atoms with Crippen molar-refractivity contribution in [2.24, 2.45) is 0 Å². The van der Waals surface area contributed by atoms with Crippen LogP contribution < -0.4 is 10.0 Å². The molecule has 1 aromatic heterocycles. The Morgan fingerprint density at radius 1 is 1.08 bits per heavy atom. The van der Waals surface area contributed by atoms with Crippen molar-refractivity contribution in [3.8, 4) is 0 Å². The van der Waals surface area contributed by atoms with Crippen LogP contribution in [0.4, 0.5) is 0 Å². The molecule has 1 amide bonds. The van der Waals surface area contributed by atoms with Crippen molar-refractivity contribution >= 4 is 15.9 Å². The average molecular weight is 347 g/mol. The Morgan fingerprint density at radius 2 is 1.67 bits per heavy atom. The molecule has 0 spiro atoms. The van der Waals surface area contributed by atoms with Crippen LogP contribution in [0.3, 0.4) is 0 Å². The van der Waals surface area contributed by atoms with E-state index in [9.17, 15) is 13.2 Å². The van der Waals surface area contributed by atoms with E-state index >= 15 is 0 Å². The SMILES string of the molecule is Cc1cc(C)c(S(=O)(=O)NCC(=O)NCc2ccncc2)c(C)c1. The number of nitrogens with zero attached hydrogens (tertiary/aromatic N) is 1. The zero-order valence-corrected chi connectivity index (χ0v) is 14.8. The van der Waals surface area contributed by atoms with E-state index in [-0.39, 0.29) is 11.4 Å². The molecule has 1 heterocycles. The first-order valence-corrected chi connectivity index (χ1v) is 9.01. The number of carbonyl (C=O) groups is 1. The van der Waals surface area contributed by atoms with E-state index in [0.29, 0.717) is 17.7 Å². The van der Waals surface area contributed by atoms with E-state index in [1.165, 1.54) is 0 Å². The van der Waals surface area contributed by atoms with E-state index in [1.54, 1.807) is 38.4 Å². The predicted molar refractivity (Wildman–Crippen MR) is 91.9 cm³/mol. The summed E-state index contributed by atoms with van der Waals surface area (Å²) in [6, 6.07) is 7.18. The van der Waals surface area contributed by atoms with Crippen molar-refractivity contribution in [1.82, 2.24) is 15.0 Å². The van der Waals surface area contributed by atoms with Gasteiger partial charge < -0.3 is 5.32 Å². The third-order valence-corrected chi connectivity index (χ3v) is 5.24. The van der Waals surface area contributed by atoms with Crippen molar-refractivity contribution in [2.75, 3.05) is 6.54 Å². The number of benzene rings is 1. The van der Waals surface area contributed by atoms with Gasteiger partial charge in [-0.2, -0.15) is 0 Å². The van der Waals surface area contributed by atoms with Gasteiger partial charge in [0.05, 0.1) is 11.4 Å². The minimum absolute atomic E-state index is 0.232. The normalized spacial score (nSPS) is 11.3. The van der Waals surface area contributed by atoms with Crippen LogP contribution >= 0.6 is 0 Å². The van der Waals surface area contributed by atoms with E-state index in [2.05, 4.69) is 15.0 Å². The maximum Gasteiger partial charge on any atom is 0.241 e. The summed E-state index contributed by atoms with van der Waals surface area (Å²) in [6.07, 6.45) is 3.26. The maximum absolute atomic E-state index is 12.5. The Balaban J connectivity index is 1.99. The number of pyridine rings is 1. The second kappa shape index (κ2) is 7.55. The van der Waals surface area contributed by atoms with Crippen LogP contribution in [0, 0.1) is 20.8 Å². The van der Waals surface area contributed by atoms with E-state index in [4.69, 9.17) is 0 Å². The molecule has 2 N–H and O–H groups in total. The Morgan fingerprint density at radius 3 is 2.25 bits per heavy atom. The number of hydrogen-bond donors (Lipinski definition) is 2. The third kappa shape index (κ3) is 4.62. The van der Waals surface area contributed by atoms with Crippen LogP contribution in [0.5, 0.6) is 0 Å². The standard InChI is InChI=1S/C17H21N3O3S/c1-12-8-13(2)17(14(3)9-12)24(22,23)20-11-16(21)19-10-15-4-6-18-7-5-15/h4-9,20H,10-11H2,1-3H3,(H,19,21). The lowest BCUT2D eigenvalue weighted by atomic mass is 10.1. The summed E-state index contributed by atoms with van der Waals surface area (Å²) >= 11 is 0. The fourth-order valence-corrected chi connectivity index (χ4v) is 4.02. The smallest absolute Gasteiger partial charge is 0.241 e. The van der Waals surface area contributed by atoms with Crippen molar-refractivity contribution in [3.63, 3.8) is 0 Å². The minimum Gasteiger partial charge on any atom is -0.351 e. The quantitative estimate of drug-likeness (QED) is 0.831. The Kier molecular flexibility index (Phi) is 5.69. The largest absolute Gasteiger partial charge is 0.351 e. The molecule has 2 rings (SSSR count). The number of aryl methyl sites for hydroxylation is 3. The van der Waals surface area contributed by atoms with Crippen molar-refractivity contribution < 1.29 is 13.2 Å². The highest BCUT2D eigenvalue weighted by Crippen LogP contribution is 2.21. The summed E-state index contributed by atoms with van der Waals surface area (Å²) in [6.45, 7) is 5.43. The molecule has 0 aliphatic rings. The van der Waals surface area contributed by atoms with E-state index in [1.807, 2.05) is 19.1 Å². The Hall–Kier alpha value is -2.25. The number of rotatable bonds is 6. The van der Waals surface area contributed by atoms with Gasteiger partial charge in [-0.25, -0.2) is 13.1 Å². The van der Waals surface area contributed by atoms with Crippen LogP contribution in [-0.2, 0) is 21.4 Å². The number of carbonyl (C=O) groups excluding carboxylic acids is 1. The molecule has 128 valence electrons. The summed E-state index contributed by atoms with van der Waals surface area (Å²) in [5.41, 5.74) is 3.22. The zero-order valence-electron chi connectivity index (χ0n) is 14.0. The third-order valence-electron chi connectivity index (χ3n) is 3.54. The molecule has 0 unspecified atom stereocenters. The molecule has 7 heteroatoms. The van der Waals surface area contributed by atoms with Gasteiger partial charge in [-0.05, 0) is 49.6 Å². The van der Waals surface area contributed by atoms with Crippen molar-refractivity contribution in [2.45, 2.75) is 32.2 Å². The topological polar surface area (TPSA) is 88.2 Å². The molecule has 0 fully saturated rings. The Labute approximate surface area is 142 Å². The first-order chi connectivity index (χ1) is 11.3. The number of sulfonamides is 1. The van der Waals surface area contributed by atoms with Crippen LogP contribution in [0.25, 0.3) is 0 Å². The van der Waals surface area contributed by atoms with Gasteiger partial charge >= 0.3 is 0 Å². The number of amides is 1. The molecule has 0 atom stereocenters. The van der Waals surface area contributed by atoms with Gasteiger partial charge in [0, 0.05) is 18.9 Å². The highest BCUT2D eigenvalue weighted by Gasteiger charge is 2.20. The molecule has 1 aromatic carbocycles. The first-order valence-electron chi connectivity index (χ1n) is 7.53. The second-order valence-corrected chi connectivity index (χ2v) is 7.39. The van der Waals surface area contributed by atoms with Crippen LogP contribution in [0.2, 0.25) is 0 Å². The predicted octanol–water partition coefficient (Wildman–Crippen LogP) is 1.60. The number of nitrogens with one attached hydrogen (secondary N) is 2. The van der Waals surface area contributed by atoms with Gasteiger partial charge in [0.25, 0.3) is 0 Å².